The van der Waals surface area contributed by atoms with Crippen LogP contribution in [-0.2, 0) is 5.41 Å². The molecule has 0 atom stereocenters. The van der Waals surface area contributed by atoms with E-state index in [-0.39, 0.29) is 5.41 Å². The average Bonchev–Trinajstić information content (AvgIpc) is 2.62. The molecule has 2 aromatic carbocycles. The van der Waals surface area contributed by atoms with Crippen molar-refractivity contribution in [3.63, 3.8) is 0 Å². The lowest BCUT2D eigenvalue weighted by Crippen LogP contribution is -2.38. The molecule has 0 heterocycles. The van der Waals surface area contributed by atoms with Gasteiger partial charge < -0.3 is 4.90 Å². The van der Waals surface area contributed by atoms with E-state index in [1.807, 2.05) is 0 Å². The zero-order valence-electron chi connectivity index (χ0n) is 16.4. The third-order valence-electron chi connectivity index (χ3n) is 5.30. The van der Waals surface area contributed by atoms with Crippen LogP contribution in [0.3, 0.4) is 0 Å². The molecule has 134 valence electrons. The second kappa shape index (κ2) is 8.89. The molecule has 0 aliphatic carbocycles. The molecular formula is C24H33N. The molecular weight excluding hydrogens is 302 g/mol. The normalized spacial score (nSPS) is 11.4. The third-order valence-corrected chi connectivity index (χ3v) is 5.30. The van der Waals surface area contributed by atoms with Crippen molar-refractivity contribution in [3.8, 4) is 0 Å². The Morgan fingerprint density at radius 2 is 1.48 bits per heavy atom. The van der Waals surface area contributed by atoms with Crippen LogP contribution in [0.25, 0.3) is 5.70 Å². The molecule has 0 N–H and O–H groups in total. The fourth-order valence-electron chi connectivity index (χ4n) is 4.06. The van der Waals surface area contributed by atoms with Crippen LogP contribution in [-0.4, -0.2) is 18.5 Å². The predicted octanol–water partition coefficient (Wildman–Crippen LogP) is 6.44. The van der Waals surface area contributed by atoms with Gasteiger partial charge in [0, 0.05) is 30.3 Å². The van der Waals surface area contributed by atoms with E-state index < -0.39 is 0 Å². The van der Waals surface area contributed by atoms with E-state index in [2.05, 4.69) is 93.9 Å². The second-order valence-electron chi connectivity index (χ2n) is 7.26. The summed E-state index contributed by atoms with van der Waals surface area (Å²) < 4.78 is 0. The van der Waals surface area contributed by atoms with Crippen molar-refractivity contribution in [3.05, 3.63) is 77.9 Å². The van der Waals surface area contributed by atoms with Gasteiger partial charge in [0.1, 0.15) is 0 Å². The lowest BCUT2D eigenvalue weighted by molar-refractivity contribution is 0.273. The van der Waals surface area contributed by atoms with Gasteiger partial charge in [-0.1, -0.05) is 87.9 Å². The van der Waals surface area contributed by atoms with E-state index in [1.54, 1.807) is 0 Å². The Hall–Kier alpha value is -2.02. The summed E-state index contributed by atoms with van der Waals surface area (Å²) >= 11 is 0. The Morgan fingerprint density at radius 3 is 2.04 bits per heavy atom. The molecule has 1 heteroatoms. The molecule has 2 rings (SSSR count). The van der Waals surface area contributed by atoms with E-state index >= 15 is 0 Å². The van der Waals surface area contributed by atoms with Crippen molar-refractivity contribution in [2.24, 2.45) is 0 Å². The maximum atomic E-state index is 4.41. The highest BCUT2D eigenvalue weighted by Gasteiger charge is 2.32. The summed E-state index contributed by atoms with van der Waals surface area (Å²) in [6.45, 7) is 12.2. The standard InChI is InChI=1S/C24H33N/c1-6-17-24(18-7-2,22-14-9-8-10-15-22)19-25(5)21(4)23-16-12-11-13-20(23)3/h8-16H,4,6-7,17-19H2,1-3,5H3. The van der Waals surface area contributed by atoms with E-state index in [0.717, 1.165) is 12.2 Å². The van der Waals surface area contributed by atoms with Crippen LogP contribution in [0.1, 0.15) is 56.2 Å². The van der Waals surface area contributed by atoms with E-state index in [9.17, 15) is 0 Å². The fourth-order valence-corrected chi connectivity index (χ4v) is 4.06. The lowest BCUT2D eigenvalue weighted by atomic mass is 9.73. The fraction of sp³-hybridized carbons (Fsp3) is 0.417. The summed E-state index contributed by atoms with van der Waals surface area (Å²) in [7, 11) is 2.19. The van der Waals surface area contributed by atoms with Crippen LogP contribution in [0, 0.1) is 6.92 Å². The Labute approximate surface area is 154 Å². The Kier molecular flexibility index (Phi) is 6.87. The first kappa shape index (κ1) is 19.3. The van der Waals surface area contributed by atoms with Crippen LogP contribution in [0.4, 0.5) is 0 Å². The Bertz CT molecular complexity index is 666. The van der Waals surface area contributed by atoms with Gasteiger partial charge >= 0.3 is 0 Å². The maximum absolute atomic E-state index is 4.41. The SMILES string of the molecule is C=C(c1ccccc1C)N(C)CC(CCC)(CCC)c1ccccc1. The van der Waals surface area contributed by atoms with Gasteiger partial charge in [0.25, 0.3) is 0 Å². The van der Waals surface area contributed by atoms with Gasteiger partial charge in [-0.3, -0.25) is 0 Å². The van der Waals surface area contributed by atoms with Crippen molar-refractivity contribution >= 4 is 5.70 Å². The topological polar surface area (TPSA) is 3.24 Å². The van der Waals surface area contributed by atoms with Gasteiger partial charge in [-0.2, -0.15) is 0 Å². The first-order valence-corrected chi connectivity index (χ1v) is 9.55. The highest BCUT2D eigenvalue weighted by Crippen LogP contribution is 2.36. The van der Waals surface area contributed by atoms with Crippen molar-refractivity contribution in [1.29, 1.82) is 0 Å². The van der Waals surface area contributed by atoms with Gasteiger partial charge in [0.2, 0.25) is 0 Å². The molecule has 0 bridgehead atoms. The molecule has 0 amide bonds. The zero-order chi connectivity index (χ0) is 18.3. The summed E-state index contributed by atoms with van der Waals surface area (Å²) in [5, 5.41) is 0. The number of aryl methyl sites for hydroxylation is 1. The van der Waals surface area contributed by atoms with Gasteiger partial charge in [0.15, 0.2) is 0 Å². The molecule has 0 saturated heterocycles. The molecule has 0 radical (unpaired) electrons. The highest BCUT2D eigenvalue weighted by atomic mass is 15.1. The first-order chi connectivity index (χ1) is 12.0. The number of benzene rings is 2. The van der Waals surface area contributed by atoms with Gasteiger partial charge in [-0.05, 0) is 30.9 Å². The van der Waals surface area contributed by atoms with Crippen molar-refractivity contribution in [2.75, 3.05) is 13.6 Å². The van der Waals surface area contributed by atoms with Crippen molar-refractivity contribution in [1.82, 2.24) is 4.90 Å². The van der Waals surface area contributed by atoms with Crippen molar-refractivity contribution in [2.45, 2.75) is 51.9 Å². The van der Waals surface area contributed by atoms with Gasteiger partial charge in [-0.15, -0.1) is 0 Å². The summed E-state index contributed by atoms with van der Waals surface area (Å²) in [5.74, 6) is 0. The number of rotatable bonds is 9. The van der Waals surface area contributed by atoms with Crippen LogP contribution in [0.15, 0.2) is 61.2 Å². The summed E-state index contributed by atoms with van der Waals surface area (Å²) in [6, 6.07) is 19.6. The number of hydrogen-bond acceptors (Lipinski definition) is 1. The van der Waals surface area contributed by atoms with E-state index in [0.29, 0.717) is 0 Å². The predicted molar refractivity (Wildman–Crippen MR) is 111 cm³/mol. The quantitative estimate of drug-likeness (QED) is 0.510. The monoisotopic (exact) mass is 335 g/mol. The summed E-state index contributed by atoms with van der Waals surface area (Å²) in [4.78, 5) is 2.36. The van der Waals surface area contributed by atoms with E-state index in [4.69, 9.17) is 0 Å². The Morgan fingerprint density at radius 1 is 0.920 bits per heavy atom. The molecule has 1 nitrogen and oxygen atoms in total. The van der Waals surface area contributed by atoms with Crippen LogP contribution in [0.2, 0.25) is 0 Å². The number of hydrogen-bond donors (Lipinski definition) is 0. The highest BCUT2D eigenvalue weighted by molar-refractivity contribution is 5.64. The average molecular weight is 336 g/mol. The Balaban J connectivity index is 2.32. The summed E-state index contributed by atoms with van der Waals surface area (Å²) in [5.41, 5.74) is 5.30. The molecule has 0 unspecified atom stereocenters. The maximum Gasteiger partial charge on any atom is 0.0367 e. The van der Waals surface area contributed by atoms with Crippen LogP contribution < -0.4 is 0 Å². The molecule has 25 heavy (non-hydrogen) atoms. The van der Waals surface area contributed by atoms with Gasteiger partial charge in [0.05, 0.1) is 0 Å². The molecule has 0 aliphatic heterocycles. The van der Waals surface area contributed by atoms with Crippen LogP contribution in [0.5, 0.6) is 0 Å². The molecule has 0 saturated carbocycles. The molecule has 0 aromatic heterocycles. The molecule has 0 fully saturated rings. The van der Waals surface area contributed by atoms with Crippen LogP contribution >= 0.6 is 0 Å². The minimum Gasteiger partial charge on any atom is -0.374 e. The zero-order valence-corrected chi connectivity index (χ0v) is 16.4. The number of nitrogens with zero attached hydrogens (tertiary/aromatic N) is 1. The molecule has 0 aliphatic rings. The molecule has 0 spiro atoms. The summed E-state index contributed by atoms with van der Waals surface area (Å²) in [6.07, 6.45) is 4.80. The second-order valence-corrected chi connectivity index (χ2v) is 7.26. The number of likely N-dealkylation sites (N-methyl/N-ethyl adjacent to an activating group) is 1. The smallest absolute Gasteiger partial charge is 0.0367 e. The van der Waals surface area contributed by atoms with Gasteiger partial charge in [-0.25, -0.2) is 0 Å². The minimum absolute atomic E-state index is 0.186. The largest absolute Gasteiger partial charge is 0.374 e. The first-order valence-electron chi connectivity index (χ1n) is 9.55. The molecule has 2 aromatic rings. The lowest BCUT2D eigenvalue weighted by Gasteiger charge is -2.39. The minimum atomic E-state index is 0.186. The third kappa shape index (κ3) is 4.54. The van der Waals surface area contributed by atoms with E-state index in [1.165, 1.54) is 42.4 Å². The van der Waals surface area contributed by atoms with Crippen molar-refractivity contribution < 1.29 is 0 Å².